The highest BCUT2D eigenvalue weighted by atomic mass is 32.1. The molecule has 2 heterocycles. The molecule has 1 aliphatic heterocycles. The van der Waals surface area contributed by atoms with Crippen molar-refractivity contribution in [2.45, 2.75) is 12.2 Å². The number of benzene rings is 1. The summed E-state index contributed by atoms with van der Waals surface area (Å²) in [5.74, 6) is 1.36. The lowest BCUT2D eigenvalue weighted by atomic mass is 10.1. The Bertz CT molecular complexity index is 587. The number of fused-ring (bicyclic) bond motifs is 1. The monoisotopic (exact) mass is 307 g/mol. The summed E-state index contributed by atoms with van der Waals surface area (Å²) in [6.45, 7) is 0.985. The third kappa shape index (κ3) is 3.36. The van der Waals surface area contributed by atoms with Crippen LogP contribution in [-0.2, 0) is 0 Å². The molecule has 0 bridgehead atoms. The average molecular weight is 307 g/mol. The molecule has 2 unspecified atom stereocenters. The quantitative estimate of drug-likeness (QED) is 0.759. The minimum Gasteiger partial charge on any atom is -0.454 e. The molecule has 1 aromatic carbocycles. The molecular weight excluding hydrogens is 290 g/mol. The molecule has 0 amide bonds. The van der Waals surface area contributed by atoms with E-state index in [2.05, 4.69) is 5.32 Å². The average Bonchev–Trinajstić information content (AvgIpc) is 3.17. The highest BCUT2D eigenvalue weighted by Crippen LogP contribution is 2.34. The van der Waals surface area contributed by atoms with Gasteiger partial charge >= 0.3 is 0 Å². The van der Waals surface area contributed by atoms with Crippen molar-refractivity contribution in [1.29, 1.82) is 0 Å². The maximum Gasteiger partial charge on any atom is 0.231 e. The maximum absolute atomic E-state index is 10.2. The van der Waals surface area contributed by atoms with Crippen LogP contribution in [0, 0.1) is 0 Å². The van der Waals surface area contributed by atoms with Crippen LogP contribution in [0.5, 0.6) is 11.5 Å². The number of thiophene rings is 1. The number of aliphatic hydroxyl groups is 2. The van der Waals surface area contributed by atoms with Gasteiger partial charge in [-0.2, -0.15) is 11.3 Å². The fourth-order valence-electron chi connectivity index (χ4n) is 2.18. The third-order valence-electron chi connectivity index (χ3n) is 3.38. The smallest absolute Gasteiger partial charge is 0.231 e. The van der Waals surface area contributed by atoms with Crippen molar-refractivity contribution in [3.8, 4) is 11.5 Å². The van der Waals surface area contributed by atoms with Crippen LogP contribution in [0.3, 0.4) is 0 Å². The summed E-state index contributed by atoms with van der Waals surface area (Å²) in [6.07, 6.45) is -1.21. The first-order valence-corrected chi connectivity index (χ1v) is 7.67. The minimum absolute atomic E-state index is 0.222. The minimum atomic E-state index is -0.658. The van der Waals surface area contributed by atoms with E-state index in [1.54, 1.807) is 23.5 Å². The van der Waals surface area contributed by atoms with Gasteiger partial charge in [-0.1, -0.05) is 6.07 Å². The Morgan fingerprint density at radius 1 is 1.05 bits per heavy atom. The molecule has 0 aliphatic carbocycles. The van der Waals surface area contributed by atoms with Crippen LogP contribution < -0.4 is 14.8 Å². The molecule has 2 aromatic rings. The summed E-state index contributed by atoms with van der Waals surface area (Å²) >= 11 is 1.55. The molecule has 3 N–H and O–H groups in total. The van der Waals surface area contributed by atoms with Crippen molar-refractivity contribution < 1.29 is 19.7 Å². The van der Waals surface area contributed by atoms with E-state index in [0.717, 1.165) is 11.1 Å². The molecule has 1 aromatic heterocycles. The predicted octanol–water partition coefficient (Wildman–Crippen LogP) is 1.83. The van der Waals surface area contributed by atoms with E-state index in [1.807, 2.05) is 22.9 Å². The van der Waals surface area contributed by atoms with Crippen molar-refractivity contribution >= 4 is 11.3 Å². The zero-order valence-corrected chi connectivity index (χ0v) is 12.2. The molecule has 0 saturated carbocycles. The predicted molar refractivity (Wildman–Crippen MR) is 79.7 cm³/mol. The number of ether oxygens (including phenoxy) is 2. The van der Waals surface area contributed by atoms with Gasteiger partial charge < -0.3 is 25.0 Å². The van der Waals surface area contributed by atoms with E-state index in [0.29, 0.717) is 24.6 Å². The van der Waals surface area contributed by atoms with E-state index in [-0.39, 0.29) is 6.79 Å². The highest BCUT2D eigenvalue weighted by molar-refractivity contribution is 7.07. The zero-order chi connectivity index (χ0) is 14.7. The third-order valence-corrected chi connectivity index (χ3v) is 4.09. The lowest BCUT2D eigenvalue weighted by Gasteiger charge is -2.15. The molecule has 21 heavy (non-hydrogen) atoms. The van der Waals surface area contributed by atoms with Gasteiger partial charge in [-0.25, -0.2) is 0 Å². The first-order chi connectivity index (χ1) is 10.2. The van der Waals surface area contributed by atoms with Gasteiger partial charge in [-0.05, 0) is 40.1 Å². The second kappa shape index (κ2) is 6.44. The van der Waals surface area contributed by atoms with Crippen LogP contribution in [0.1, 0.15) is 23.3 Å². The molecular formula is C15H17NO4S. The molecule has 6 heteroatoms. The first kappa shape index (κ1) is 14.3. The second-order valence-electron chi connectivity index (χ2n) is 4.86. The van der Waals surface area contributed by atoms with E-state index >= 15 is 0 Å². The van der Waals surface area contributed by atoms with Gasteiger partial charge in [0.25, 0.3) is 0 Å². The molecule has 112 valence electrons. The van der Waals surface area contributed by atoms with Crippen LogP contribution in [-0.4, -0.2) is 30.1 Å². The fraction of sp³-hybridized carbons (Fsp3) is 0.333. The Hall–Kier alpha value is -1.60. The first-order valence-electron chi connectivity index (χ1n) is 6.72. The normalized spacial score (nSPS) is 15.9. The maximum atomic E-state index is 10.2. The number of hydrogen-bond donors (Lipinski definition) is 3. The number of rotatable bonds is 6. The van der Waals surface area contributed by atoms with Crippen LogP contribution in [0.2, 0.25) is 0 Å². The molecule has 1 aliphatic rings. The van der Waals surface area contributed by atoms with Crippen molar-refractivity contribution in [1.82, 2.24) is 5.32 Å². The lowest BCUT2D eigenvalue weighted by Crippen LogP contribution is -2.26. The summed E-state index contributed by atoms with van der Waals surface area (Å²) in [4.78, 5) is 0. The molecule has 3 rings (SSSR count). The number of aliphatic hydroxyl groups excluding tert-OH is 2. The van der Waals surface area contributed by atoms with Gasteiger partial charge in [0.2, 0.25) is 6.79 Å². The van der Waals surface area contributed by atoms with Crippen LogP contribution in [0.15, 0.2) is 35.0 Å². The summed E-state index contributed by atoms with van der Waals surface area (Å²) < 4.78 is 10.5. The molecule has 5 nitrogen and oxygen atoms in total. The van der Waals surface area contributed by atoms with Gasteiger partial charge in [0.05, 0.1) is 12.2 Å². The van der Waals surface area contributed by atoms with Crippen molar-refractivity contribution in [3.05, 3.63) is 46.2 Å². The highest BCUT2D eigenvalue weighted by Gasteiger charge is 2.17. The van der Waals surface area contributed by atoms with E-state index in [4.69, 9.17) is 9.47 Å². The van der Waals surface area contributed by atoms with Crippen molar-refractivity contribution in [2.24, 2.45) is 0 Å². The summed E-state index contributed by atoms with van der Waals surface area (Å²) in [6, 6.07) is 7.28. The SMILES string of the molecule is OC(CNCC(O)c1ccc2c(c1)OCO2)c1ccsc1. The zero-order valence-electron chi connectivity index (χ0n) is 11.4. The van der Waals surface area contributed by atoms with Crippen LogP contribution in [0.25, 0.3) is 0 Å². The van der Waals surface area contributed by atoms with Crippen LogP contribution >= 0.6 is 11.3 Å². The molecule has 0 fully saturated rings. The van der Waals surface area contributed by atoms with Crippen LogP contribution in [0.4, 0.5) is 0 Å². The van der Waals surface area contributed by atoms with Gasteiger partial charge in [-0.15, -0.1) is 0 Å². The summed E-state index contributed by atoms with van der Waals surface area (Å²) in [5.41, 5.74) is 1.65. The Kier molecular flexibility index (Phi) is 4.40. The van der Waals surface area contributed by atoms with Crippen molar-refractivity contribution in [2.75, 3.05) is 19.9 Å². The Balaban J connectivity index is 1.51. The van der Waals surface area contributed by atoms with Gasteiger partial charge in [0.1, 0.15) is 0 Å². The Morgan fingerprint density at radius 2 is 1.81 bits per heavy atom. The number of hydrogen-bond acceptors (Lipinski definition) is 6. The number of nitrogens with one attached hydrogen (secondary N) is 1. The molecule has 0 spiro atoms. The molecule has 0 radical (unpaired) electrons. The van der Waals surface area contributed by atoms with Gasteiger partial charge in [-0.3, -0.25) is 0 Å². The topological polar surface area (TPSA) is 71.0 Å². The second-order valence-corrected chi connectivity index (χ2v) is 5.64. The van der Waals surface area contributed by atoms with Gasteiger partial charge in [0.15, 0.2) is 11.5 Å². The van der Waals surface area contributed by atoms with E-state index < -0.39 is 12.2 Å². The fourth-order valence-corrected chi connectivity index (χ4v) is 2.88. The molecule has 2 atom stereocenters. The summed E-state index contributed by atoms with van der Waals surface area (Å²) in [5, 5.41) is 27.0. The standard InChI is InChI=1S/C15H17NO4S/c17-12(6-16-7-13(18)11-3-4-21-8-11)10-1-2-14-15(5-10)20-9-19-14/h1-5,8,12-13,16-18H,6-7,9H2. The van der Waals surface area contributed by atoms with E-state index in [1.165, 1.54) is 0 Å². The van der Waals surface area contributed by atoms with Gasteiger partial charge in [0, 0.05) is 13.1 Å². The van der Waals surface area contributed by atoms with E-state index in [9.17, 15) is 10.2 Å². The largest absolute Gasteiger partial charge is 0.454 e. The Labute approximate surface area is 126 Å². The Morgan fingerprint density at radius 3 is 2.57 bits per heavy atom. The molecule has 0 saturated heterocycles. The lowest BCUT2D eigenvalue weighted by molar-refractivity contribution is 0.147. The van der Waals surface area contributed by atoms with Crippen molar-refractivity contribution in [3.63, 3.8) is 0 Å². The summed E-state index contributed by atoms with van der Waals surface area (Å²) in [7, 11) is 0.